The zero-order chi connectivity index (χ0) is 19.5. The van der Waals surface area contributed by atoms with Crippen LogP contribution < -0.4 is 15.8 Å². The fourth-order valence-electron chi connectivity index (χ4n) is 3.22. The van der Waals surface area contributed by atoms with Gasteiger partial charge < -0.3 is 11.1 Å². The predicted molar refractivity (Wildman–Crippen MR) is 104 cm³/mol. The molecular formula is C17H26ClF2N3O3S. The Morgan fingerprint density at radius 3 is 2.48 bits per heavy atom. The Bertz CT molecular complexity index is 788. The van der Waals surface area contributed by atoms with Crippen LogP contribution in [0.4, 0.5) is 20.2 Å². The topological polar surface area (TPSA) is 101 Å². The van der Waals surface area contributed by atoms with Crippen LogP contribution in [0.2, 0.25) is 0 Å². The first kappa shape index (κ1) is 23.6. The molecule has 27 heavy (non-hydrogen) atoms. The second kappa shape index (κ2) is 9.16. The summed E-state index contributed by atoms with van der Waals surface area (Å²) in [5.74, 6) is -3.19. The van der Waals surface area contributed by atoms with Crippen molar-refractivity contribution in [3.63, 3.8) is 0 Å². The molecule has 1 saturated carbocycles. The lowest BCUT2D eigenvalue weighted by Crippen LogP contribution is -2.51. The summed E-state index contributed by atoms with van der Waals surface area (Å²) in [4.78, 5) is 12.5. The minimum Gasteiger partial charge on any atom is -0.325 e. The Morgan fingerprint density at radius 1 is 1.26 bits per heavy atom. The molecule has 0 aliphatic heterocycles. The highest BCUT2D eigenvalue weighted by Gasteiger charge is 2.38. The number of carbonyl (C=O) groups excluding carboxylic acids is 1. The molecule has 10 heteroatoms. The first-order valence-electron chi connectivity index (χ1n) is 8.65. The quantitative estimate of drug-likeness (QED) is 0.650. The van der Waals surface area contributed by atoms with E-state index in [0.29, 0.717) is 25.3 Å². The summed E-state index contributed by atoms with van der Waals surface area (Å²) in [6, 6.07) is 1.49. The van der Waals surface area contributed by atoms with Gasteiger partial charge in [0.15, 0.2) is 0 Å². The van der Waals surface area contributed by atoms with E-state index in [1.807, 2.05) is 0 Å². The molecular weight excluding hydrogens is 400 g/mol. The Balaban J connectivity index is 0.00000364. The number of carbonyl (C=O) groups is 1. The maximum Gasteiger partial charge on any atom is 0.232 e. The molecule has 0 bridgehead atoms. The van der Waals surface area contributed by atoms with Gasteiger partial charge >= 0.3 is 0 Å². The van der Waals surface area contributed by atoms with Crippen LogP contribution in [-0.2, 0) is 14.8 Å². The molecule has 1 aromatic carbocycles. The minimum absolute atomic E-state index is 0. The van der Waals surface area contributed by atoms with Crippen LogP contribution in [0.15, 0.2) is 12.1 Å². The van der Waals surface area contributed by atoms with Crippen molar-refractivity contribution < 1.29 is 22.0 Å². The molecule has 2 rings (SSSR count). The van der Waals surface area contributed by atoms with Crippen LogP contribution in [-0.4, -0.2) is 25.6 Å². The molecule has 0 aromatic heterocycles. The summed E-state index contributed by atoms with van der Waals surface area (Å²) in [6.45, 7) is 3.45. The normalized spacial score (nSPS) is 22.6. The van der Waals surface area contributed by atoms with Crippen molar-refractivity contribution in [1.29, 1.82) is 0 Å². The fraction of sp³-hybridized carbons (Fsp3) is 0.588. The maximum absolute atomic E-state index is 14.1. The van der Waals surface area contributed by atoms with Gasteiger partial charge in [0.2, 0.25) is 15.9 Å². The first-order valence-corrected chi connectivity index (χ1v) is 10.3. The Hall–Kier alpha value is -1.45. The smallest absolute Gasteiger partial charge is 0.232 e. The lowest BCUT2D eigenvalue weighted by Gasteiger charge is -2.37. The number of benzene rings is 1. The number of rotatable bonds is 6. The van der Waals surface area contributed by atoms with Gasteiger partial charge in [-0.25, -0.2) is 17.2 Å². The van der Waals surface area contributed by atoms with E-state index in [1.165, 1.54) is 0 Å². The minimum atomic E-state index is -3.75. The Labute approximate surface area is 164 Å². The molecule has 1 aliphatic rings. The van der Waals surface area contributed by atoms with Crippen molar-refractivity contribution in [2.24, 2.45) is 11.7 Å². The van der Waals surface area contributed by atoms with E-state index in [0.717, 1.165) is 18.9 Å². The van der Waals surface area contributed by atoms with Crippen molar-refractivity contribution >= 4 is 39.7 Å². The third-order valence-corrected chi connectivity index (χ3v) is 6.10. The predicted octanol–water partition coefficient (Wildman–Crippen LogP) is 3.38. The molecule has 0 radical (unpaired) electrons. The molecule has 4 N–H and O–H groups in total. The monoisotopic (exact) mass is 425 g/mol. The number of anilines is 2. The average molecular weight is 426 g/mol. The zero-order valence-electron chi connectivity index (χ0n) is 15.3. The number of hydrogen-bond donors (Lipinski definition) is 3. The second-order valence-electron chi connectivity index (χ2n) is 7.03. The van der Waals surface area contributed by atoms with Gasteiger partial charge in [0.1, 0.15) is 11.6 Å². The van der Waals surface area contributed by atoms with Gasteiger partial charge in [-0.1, -0.05) is 19.8 Å². The van der Waals surface area contributed by atoms with E-state index in [4.69, 9.17) is 5.73 Å². The summed E-state index contributed by atoms with van der Waals surface area (Å²) in [6.07, 6.45) is 3.37. The van der Waals surface area contributed by atoms with Crippen LogP contribution in [0, 0.1) is 17.6 Å². The van der Waals surface area contributed by atoms with Crippen LogP contribution in [0.1, 0.15) is 46.0 Å². The highest BCUT2D eigenvalue weighted by Crippen LogP contribution is 2.33. The van der Waals surface area contributed by atoms with Crippen LogP contribution >= 0.6 is 12.4 Å². The Morgan fingerprint density at radius 2 is 1.89 bits per heavy atom. The van der Waals surface area contributed by atoms with Crippen LogP contribution in [0.5, 0.6) is 0 Å². The SMILES string of the molecule is CCCS(=O)(=O)Nc1cc(NC(=O)C2CCCCC2(C)N)c(F)cc1F.Cl. The van der Waals surface area contributed by atoms with Crippen molar-refractivity contribution in [2.75, 3.05) is 15.8 Å². The van der Waals surface area contributed by atoms with E-state index in [9.17, 15) is 22.0 Å². The first-order chi connectivity index (χ1) is 12.1. The number of hydrogen-bond acceptors (Lipinski definition) is 4. The zero-order valence-corrected chi connectivity index (χ0v) is 17.0. The van der Waals surface area contributed by atoms with Crippen molar-refractivity contribution in [3.8, 4) is 0 Å². The van der Waals surface area contributed by atoms with E-state index in [1.54, 1.807) is 13.8 Å². The van der Waals surface area contributed by atoms with E-state index < -0.39 is 44.7 Å². The van der Waals surface area contributed by atoms with E-state index in [-0.39, 0.29) is 23.8 Å². The number of halogens is 3. The standard InChI is InChI=1S/C17H25F2N3O3S.ClH/c1-3-8-26(24,25)22-15-10-14(12(18)9-13(15)19)21-16(23)11-6-4-5-7-17(11,2)20;/h9-11,22H,3-8,20H2,1-2H3,(H,21,23);1H. The molecule has 2 unspecified atom stereocenters. The van der Waals surface area contributed by atoms with Gasteiger partial charge in [0, 0.05) is 11.6 Å². The van der Waals surface area contributed by atoms with Gasteiger partial charge in [-0.3, -0.25) is 9.52 Å². The van der Waals surface area contributed by atoms with Gasteiger partial charge in [0.25, 0.3) is 0 Å². The summed E-state index contributed by atoms with van der Waals surface area (Å²) in [5.41, 5.74) is 4.78. The molecule has 0 spiro atoms. The van der Waals surface area contributed by atoms with Gasteiger partial charge in [-0.2, -0.15) is 0 Å². The van der Waals surface area contributed by atoms with Crippen LogP contribution in [0.3, 0.4) is 0 Å². The van der Waals surface area contributed by atoms with Gasteiger partial charge in [-0.15, -0.1) is 12.4 Å². The van der Waals surface area contributed by atoms with E-state index in [2.05, 4.69) is 10.0 Å². The third-order valence-electron chi connectivity index (χ3n) is 4.62. The number of sulfonamides is 1. The Kier molecular flexibility index (Phi) is 8.00. The number of amides is 1. The summed E-state index contributed by atoms with van der Waals surface area (Å²) >= 11 is 0. The van der Waals surface area contributed by atoms with Crippen molar-refractivity contribution in [2.45, 2.75) is 51.5 Å². The van der Waals surface area contributed by atoms with Crippen LogP contribution in [0.25, 0.3) is 0 Å². The highest BCUT2D eigenvalue weighted by molar-refractivity contribution is 7.92. The third kappa shape index (κ3) is 6.02. The lowest BCUT2D eigenvalue weighted by molar-refractivity contribution is -0.122. The molecule has 6 nitrogen and oxygen atoms in total. The summed E-state index contributed by atoms with van der Waals surface area (Å²) in [7, 11) is -3.75. The molecule has 154 valence electrons. The lowest BCUT2D eigenvalue weighted by atomic mass is 9.74. The largest absolute Gasteiger partial charge is 0.325 e. The molecule has 1 fully saturated rings. The number of nitrogens with one attached hydrogen (secondary N) is 2. The molecule has 1 amide bonds. The summed E-state index contributed by atoms with van der Waals surface area (Å²) in [5, 5.41) is 2.43. The fourth-order valence-corrected chi connectivity index (χ4v) is 4.35. The van der Waals surface area contributed by atoms with Gasteiger partial charge in [-0.05, 0) is 32.3 Å². The van der Waals surface area contributed by atoms with Crippen molar-refractivity contribution in [3.05, 3.63) is 23.8 Å². The number of nitrogens with two attached hydrogens (primary N) is 1. The molecule has 2 atom stereocenters. The molecule has 1 aromatic rings. The summed E-state index contributed by atoms with van der Waals surface area (Å²) < 4.78 is 53.7. The highest BCUT2D eigenvalue weighted by atomic mass is 35.5. The van der Waals surface area contributed by atoms with E-state index >= 15 is 0 Å². The second-order valence-corrected chi connectivity index (χ2v) is 8.87. The van der Waals surface area contributed by atoms with Gasteiger partial charge in [0.05, 0.1) is 23.0 Å². The van der Waals surface area contributed by atoms with Crippen molar-refractivity contribution in [1.82, 2.24) is 0 Å². The average Bonchev–Trinajstić information content (AvgIpc) is 2.51. The molecule has 1 aliphatic carbocycles. The maximum atomic E-state index is 14.1. The molecule has 0 saturated heterocycles. The molecule has 0 heterocycles.